The van der Waals surface area contributed by atoms with E-state index in [0.29, 0.717) is 23.9 Å². The fraction of sp³-hybridized carbons (Fsp3) is 0.600. The standard InChI is InChI=1S/C15H22N2O2S/c1-11-7-9-17(10-11)20(18,19)14-6-5-12(2)15-13(14)4-3-8-16-15/h5-6,11,16H,3-4,7-10H2,1-2H3. The van der Waals surface area contributed by atoms with E-state index < -0.39 is 10.0 Å². The number of fused-ring (bicyclic) bond motifs is 1. The molecule has 20 heavy (non-hydrogen) atoms. The lowest BCUT2D eigenvalue weighted by Gasteiger charge is -2.25. The Labute approximate surface area is 121 Å². The van der Waals surface area contributed by atoms with Crippen molar-refractivity contribution in [3.8, 4) is 0 Å². The third-order valence-electron chi connectivity index (χ3n) is 4.39. The molecule has 1 fully saturated rings. The van der Waals surface area contributed by atoms with Crippen molar-refractivity contribution < 1.29 is 8.42 Å². The average Bonchev–Trinajstić information content (AvgIpc) is 2.87. The fourth-order valence-corrected chi connectivity index (χ4v) is 5.04. The first-order valence-corrected chi connectivity index (χ1v) is 8.80. The Kier molecular flexibility index (Phi) is 3.50. The molecular weight excluding hydrogens is 272 g/mol. The summed E-state index contributed by atoms with van der Waals surface area (Å²) in [7, 11) is -3.34. The topological polar surface area (TPSA) is 49.4 Å². The van der Waals surface area contributed by atoms with Crippen molar-refractivity contribution in [2.24, 2.45) is 5.92 Å². The van der Waals surface area contributed by atoms with Crippen LogP contribution in [0.2, 0.25) is 0 Å². The Hall–Kier alpha value is -1.07. The summed E-state index contributed by atoms with van der Waals surface area (Å²) in [5.41, 5.74) is 3.15. The van der Waals surface area contributed by atoms with Crippen LogP contribution in [0.1, 0.15) is 30.9 Å². The minimum Gasteiger partial charge on any atom is -0.385 e. The van der Waals surface area contributed by atoms with Crippen LogP contribution in [-0.4, -0.2) is 32.4 Å². The van der Waals surface area contributed by atoms with Crippen molar-refractivity contribution in [3.63, 3.8) is 0 Å². The fourth-order valence-electron chi connectivity index (χ4n) is 3.21. The second kappa shape index (κ2) is 5.04. The Morgan fingerprint density at radius 3 is 2.85 bits per heavy atom. The van der Waals surface area contributed by atoms with Gasteiger partial charge in [-0.05, 0) is 49.3 Å². The number of hydrogen-bond acceptors (Lipinski definition) is 3. The van der Waals surface area contributed by atoms with Gasteiger partial charge in [0.05, 0.1) is 4.90 Å². The molecule has 0 spiro atoms. The van der Waals surface area contributed by atoms with E-state index >= 15 is 0 Å². The Balaban J connectivity index is 2.06. The molecule has 2 aliphatic rings. The molecule has 4 nitrogen and oxygen atoms in total. The van der Waals surface area contributed by atoms with E-state index in [-0.39, 0.29) is 0 Å². The molecule has 1 N–H and O–H groups in total. The summed E-state index contributed by atoms with van der Waals surface area (Å²) in [6, 6.07) is 3.71. The number of sulfonamides is 1. The molecule has 0 saturated carbocycles. The summed E-state index contributed by atoms with van der Waals surface area (Å²) in [4.78, 5) is 0.513. The predicted molar refractivity (Wildman–Crippen MR) is 80.5 cm³/mol. The number of rotatable bonds is 2. The van der Waals surface area contributed by atoms with Crippen molar-refractivity contribution in [1.82, 2.24) is 4.31 Å². The van der Waals surface area contributed by atoms with Gasteiger partial charge in [-0.3, -0.25) is 0 Å². The lowest BCUT2D eigenvalue weighted by atomic mass is 10.00. The molecule has 1 unspecified atom stereocenters. The van der Waals surface area contributed by atoms with Crippen LogP contribution in [0.3, 0.4) is 0 Å². The van der Waals surface area contributed by atoms with Crippen LogP contribution in [0.25, 0.3) is 0 Å². The van der Waals surface area contributed by atoms with E-state index in [2.05, 4.69) is 12.2 Å². The zero-order valence-corrected chi connectivity index (χ0v) is 13.0. The molecule has 0 aromatic heterocycles. The summed E-state index contributed by atoms with van der Waals surface area (Å²) in [6.07, 6.45) is 2.81. The van der Waals surface area contributed by atoms with Crippen LogP contribution in [0.15, 0.2) is 17.0 Å². The summed E-state index contributed by atoms with van der Waals surface area (Å²) in [5, 5.41) is 3.36. The van der Waals surface area contributed by atoms with E-state index in [1.54, 1.807) is 10.4 Å². The second-order valence-electron chi connectivity index (χ2n) is 6.02. The van der Waals surface area contributed by atoms with Gasteiger partial charge in [-0.15, -0.1) is 0 Å². The van der Waals surface area contributed by atoms with Gasteiger partial charge < -0.3 is 5.32 Å². The minimum atomic E-state index is -3.34. The van der Waals surface area contributed by atoms with E-state index in [9.17, 15) is 8.42 Å². The Morgan fingerprint density at radius 1 is 1.35 bits per heavy atom. The van der Waals surface area contributed by atoms with Crippen molar-refractivity contribution in [3.05, 3.63) is 23.3 Å². The molecule has 0 radical (unpaired) electrons. The van der Waals surface area contributed by atoms with E-state index in [1.165, 1.54) is 0 Å². The summed E-state index contributed by atoms with van der Waals surface area (Å²) >= 11 is 0. The first-order valence-electron chi connectivity index (χ1n) is 7.36. The van der Waals surface area contributed by atoms with E-state index in [1.807, 2.05) is 13.0 Å². The van der Waals surface area contributed by atoms with Gasteiger partial charge in [0.15, 0.2) is 0 Å². The van der Waals surface area contributed by atoms with E-state index in [4.69, 9.17) is 0 Å². The molecule has 3 rings (SSSR count). The third kappa shape index (κ3) is 2.23. The van der Waals surface area contributed by atoms with Crippen LogP contribution in [0, 0.1) is 12.8 Å². The van der Waals surface area contributed by atoms with Crippen LogP contribution >= 0.6 is 0 Å². The van der Waals surface area contributed by atoms with Crippen molar-refractivity contribution in [1.29, 1.82) is 0 Å². The first-order chi connectivity index (χ1) is 9.50. The molecule has 0 amide bonds. The smallest absolute Gasteiger partial charge is 0.243 e. The highest BCUT2D eigenvalue weighted by molar-refractivity contribution is 7.89. The van der Waals surface area contributed by atoms with Gasteiger partial charge in [0.2, 0.25) is 10.0 Å². The van der Waals surface area contributed by atoms with Gasteiger partial charge in [0.1, 0.15) is 0 Å². The van der Waals surface area contributed by atoms with Crippen molar-refractivity contribution in [2.75, 3.05) is 25.0 Å². The monoisotopic (exact) mass is 294 g/mol. The number of aryl methyl sites for hydroxylation is 1. The van der Waals surface area contributed by atoms with Gasteiger partial charge in [-0.1, -0.05) is 13.0 Å². The Bertz CT molecular complexity index is 625. The molecule has 2 aliphatic heterocycles. The highest BCUT2D eigenvalue weighted by Gasteiger charge is 2.33. The maximum atomic E-state index is 12.9. The van der Waals surface area contributed by atoms with E-state index in [0.717, 1.165) is 42.6 Å². The number of hydrogen-bond donors (Lipinski definition) is 1. The maximum absolute atomic E-state index is 12.9. The SMILES string of the molecule is Cc1ccc(S(=O)(=O)N2CCC(C)C2)c2c1NCCC2. The molecule has 1 aromatic carbocycles. The van der Waals surface area contributed by atoms with Gasteiger partial charge in [-0.2, -0.15) is 4.31 Å². The molecule has 5 heteroatoms. The highest BCUT2D eigenvalue weighted by atomic mass is 32.2. The zero-order valence-electron chi connectivity index (χ0n) is 12.1. The van der Waals surface area contributed by atoms with Gasteiger partial charge in [0, 0.05) is 25.3 Å². The van der Waals surface area contributed by atoms with Crippen LogP contribution < -0.4 is 5.32 Å². The summed E-state index contributed by atoms with van der Waals surface area (Å²) < 4.78 is 27.4. The second-order valence-corrected chi connectivity index (χ2v) is 7.93. The minimum absolute atomic E-state index is 0.462. The normalized spacial score (nSPS) is 23.4. The molecule has 0 bridgehead atoms. The van der Waals surface area contributed by atoms with Gasteiger partial charge in [0.25, 0.3) is 0 Å². The molecule has 110 valence electrons. The van der Waals surface area contributed by atoms with Crippen LogP contribution in [-0.2, 0) is 16.4 Å². The third-order valence-corrected chi connectivity index (χ3v) is 6.34. The summed E-state index contributed by atoms with van der Waals surface area (Å²) in [5.74, 6) is 0.462. The predicted octanol–water partition coefficient (Wildman–Crippen LogP) is 2.38. The largest absolute Gasteiger partial charge is 0.385 e. The number of anilines is 1. The lowest BCUT2D eigenvalue weighted by molar-refractivity contribution is 0.463. The van der Waals surface area contributed by atoms with Crippen LogP contribution in [0.5, 0.6) is 0 Å². The number of nitrogens with zero attached hydrogens (tertiary/aromatic N) is 1. The molecular formula is C15H22N2O2S. The average molecular weight is 294 g/mol. The molecule has 1 atom stereocenters. The molecule has 2 heterocycles. The van der Waals surface area contributed by atoms with Gasteiger partial charge in [-0.25, -0.2) is 8.42 Å². The number of nitrogens with one attached hydrogen (secondary N) is 1. The van der Waals surface area contributed by atoms with Crippen molar-refractivity contribution in [2.45, 2.75) is 38.0 Å². The molecule has 1 aromatic rings. The maximum Gasteiger partial charge on any atom is 0.243 e. The molecule has 1 saturated heterocycles. The lowest BCUT2D eigenvalue weighted by Crippen LogP contribution is -2.30. The number of benzene rings is 1. The highest BCUT2D eigenvalue weighted by Crippen LogP contribution is 2.34. The summed E-state index contributed by atoms with van der Waals surface area (Å²) in [6.45, 7) is 6.38. The molecule has 0 aliphatic carbocycles. The first kappa shape index (κ1) is 13.9. The van der Waals surface area contributed by atoms with Crippen LogP contribution in [0.4, 0.5) is 5.69 Å². The quantitative estimate of drug-likeness (QED) is 0.911. The van der Waals surface area contributed by atoms with Gasteiger partial charge >= 0.3 is 0 Å². The van der Waals surface area contributed by atoms with Crippen molar-refractivity contribution >= 4 is 15.7 Å². The zero-order chi connectivity index (χ0) is 14.3. The Morgan fingerprint density at radius 2 is 2.15 bits per heavy atom.